The van der Waals surface area contributed by atoms with E-state index in [-0.39, 0.29) is 22.4 Å². The van der Waals surface area contributed by atoms with Gasteiger partial charge >= 0.3 is 5.97 Å². The fourth-order valence-electron chi connectivity index (χ4n) is 2.18. The van der Waals surface area contributed by atoms with Crippen LogP contribution < -0.4 is 4.74 Å². The topological polar surface area (TPSA) is 129 Å². The minimum absolute atomic E-state index is 0.153. The van der Waals surface area contributed by atoms with Crippen LogP contribution in [0, 0.1) is 11.3 Å². The summed E-state index contributed by atoms with van der Waals surface area (Å²) in [5.74, 6) is -1.50. The number of nitriles is 1. The van der Waals surface area contributed by atoms with Crippen LogP contribution in [0.4, 0.5) is 0 Å². The van der Waals surface area contributed by atoms with E-state index in [2.05, 4.69) is 10.1 Å². The molecule has 1 aromatic carbocycles. The van der Waals surface area contributed by atoms with E-state index in [9.17, 15) is 15.2 Å². The molecule has 0 aliphatic rings. The molecule has 0 spiro atoms. The van der Waals surface area contributed by atoms with Gasteiger partial charge in [-0.1, -0.05) is 5.16 Å². The zero-order chi connectivity index (χ0) is 16.6. The molecule has 0 aliphatic heterocycles. The van der Waals surface area contributed by atoms with E-state index in [4.69, 9.17) is 14.4 Å². The lowest BCUT2D eigenvalue weighted by molar-refractivity contribution is 0.0687. The number of hydrogen-bond acceptors (Lipinski definition) is 7. The number of aromatic carboxylic acids is 1. The van der Waals surface area contributed by atoms with Gasteiger partial charge in [-0.2, -0.15) is 5.26 Å². The lowest BCUT2D eigenvalue weighted by atomic mass is 10.1. The Balaban J connectivity index is 2.29. The minimum atomic E-state index is -1.47. The Morgan fingerprint density at radius 3 is 2.61 bits per heavy atom. The summed E-state index contributed by atoms with van der Waals surface area (Å²) in [6.07, 6.45) is 0. The molecule has 23 heavy (non-hydrogen) atoms. The Morgan fingerprint density at radius 2 is 2.04 bits per heavy atom. The highest BCUT2D eigenvalue weighted by molar-refractivity contribution is 6.02. The van der Waals surface area contributed by atoms with Crippen molar-refractivity contribution >= 4 is 16.9 Å². The monoisotopic (exact) mass is 311 g/mol. The Morgan fingerprint density at radius 1 is 1.35 bits per heavy atom. The zero-order valence-corrected chi connectivity index (χ0v) is 11.8. The molecule has 0 amide bonds. The summed E-state index contributed by atoms with van der Waals surface area (Å²) < 4.78 is 10.1. The second kappa shape index (κ2) is 5.31. The Kier molecular flexibility index (Phi) is 3.31. The van der Waals surface area contributed by atoms with Crippen molar-refractivity contribution in [3.05, 3.63) is 35.7 Å². The highest BCUT2D eigenvalue weighted by Gasteiger charge is 2.25. The third kappa shape index (κ3) is 2.20. The first-order chi connectivity index (χ1) is 11.1. The van der Waals surface area contributed by atoms with Gasteiger partial charge in [0, 0.05) is 5.56 Å². The Labute approximate surface area is 129 Å². The summed E-state index contributed by atoms with van der Waals surface area (Å²) in [6.45, 7) is 0. The van der Waals surface area contributed by atoms with E-state index in [1.54, 1.807) is 30.3 Å². The van der Waals surface area contributed by atoms with Crippen LogP contribution in [0.1, 0.15) is 16.2 Å². The van der Waals surface area contributed by atoms with Gasteiger partial charge in [-0.3, -0.25) is 0 Å². The molecule has 0 atom stereocenters. The first-order valence-corrected chi connectivity index (χ1v) is 6.37. The molecule has 0 saturated heterocycles. The molecule has 0 saturated carbocycles. The molecule has 2 aromatic heterocycles. The van der Waals surface area contributed by atoms with Gasteiger partial charge < -0.3 is 19.5 Å². The van der Waals surface area contributed by atoms with Crippen molar-refractivity contribution in [2.45, 2.75) is 0 Å². The molecule has 2 heterocycles. The van der Waals surface area contributed by atoms with Gasteiger partial charge in [-0.25, -0.2) is 9.78 Å². The number of carboxylic acid groups (broad SMARTS) is 1. The number of ether oxygens (including phenoxy) is 1. The molecule has 8 heteroatoms. The third-order valence-electron chi connectivity index (χ3n) is 3.26. The summed E-state index contributed by atoms with van der Waals surface area (Å²) in [5.41, 5.74) is -0.169. The second-order valence-electron chi connectivity index (χ2n) is 4.54. The van der Waals surface area contributed by atoms with Crippen LogP contribution in [-0.2, 0) is 0 Å². The number of carboxylic acids is 1. The average Bonchev–Trinajstić information content (AvgIpc) is 3.01. The normalized spacial score (nSPS) is 10.4. The van der Waals surface area contributed by atoms with Crippen LogP contribution in [-0.4, -0.2) is 33.4 Å². The van der Waals surface area contributed by atoms with Crippen LogP contribution in [0.5, 0.6) is 11.5 Å². The van der Waals surface area contributed by atoms with Crippen LogP contribution in [0.2, 0.25) is 0 Å². The summed E-state index contributed by atoms with van der Waals surface area (Å²) in [5, 5.41) is 32.2. The maximum Gasteiger partial charge on any atom is 0.358 e. The molecule has 0 fully saturated rings. The molecule has 114 valence electrons. The fraction of sp³-hybridized carbons (Fsp3) is 0.0667. The molecular weight excluding hydrogens is 302 g/mol. The number of benzene rings is 1. The number of aromatic nitrogens is 2. The molecule has 0 bridgehead atoms. The highest BCUT2D eigenvalue weighted by Crippen LogP contribution is 2.36. The summed E-state index contributed by atoms with van der Waals surface area (Å²) in [4.78, 5) is 14.7. The van der Waals surface area contributed by atoms with Crippen LogP contribution in [0.15, 0.2) is 28.8 Å². The summed E-state index contributed by atoms with van der Waals surface area (Å²) >= 11 is 0. The van der Waals surface area contributed by atoms with E-state index >= 15 is 0 Å². The van der Waals surface area contributed by atoms with Crippen molar-refractivity contribution in [2.75, 3.05) is 7.11 Å². The fourth-order valence-corrected chi connectivity index (χ4v) is 2.18. The van der Waals surface area contributed by atoms with Gasteiger partial charge in [0.05, 0.1) is 12.5 Å². The van der Waals surface area contributed by atoms with Crippen LogP contribution >= 0.6 is 0 Å². The number of nitrogens with zero attached hydrogens (tertiary/aromatic N) is 3. The third-order valence-corrected chi connectivity index (χ3v) is 3.26. The standard InChI is InChI=1S/C15H9N3O5/c1-22-8-4-2-7(3-5-8)11-10-9(6-16)17-12(15(20)21)13(19)14(10)23-18-11/h2-5,19H,1H3,(H,20,21). The maximum atomic E-state index is 11.1. The van der Waals surface area contributed by atoms with Crippen molar-refractivity contribution in [3.8, 4) is 28.8 Å². The Hall–Kier alpha value is -3.60. The van der Waals surface area contributed by atoms with Gasteiger partial charge in [0.15, 0.2) is 17.1 Å². The molecule has 3 aromatic rings. The number of hydrogen-bond donors (Lipinski definition) is 2. The smallest absolute Gasteiger partial charge is 0.358 e. The van der Waals surface area contributed by atoms with E-state index in [0.29, 0.717) is 11.3 Å². The largest absolute Gasteiger partial charge is 0.502 e. The van der Waals surface area contributed by atoms with Gasteiger partial charge in [-0.05, 0) is 24.3 Å². The molecule has 0 unspecified atom stereocenters. The summed E-state index contributed by atoms with van der Waals surface area (Å²) in [6, 6.07) is 8.58. The Bertz CT molecular complexity index is 954. The number of fused-ring (bicyclic) bond motifs is 1. The van der Waals surface area contributed by atoms with Crippen molar-refractivity contribution in [3.63, 3.8) is 0 Å². The first-order valence-electron chi connectivity index (χ1n) is 6.37. The number of carbonyl (C=O) groups is 1. The van der Waals surface area contributed by atoms with Crippen molar-refractivity contribution in [1.82, 2.24) is 10.1 Å². The number of pyridine rings is 1. The predicted octanol–water partition coefficient (Wildman–Crippen LogP) is 2.17. The van der Waals surface area contributed by atoms with E-state index < -0.39 is 17.4 Å². The lowest BCUT2D eigenvalue weighted by Gasteiger charge is -2.03. The molecule has 0 radical (unpaired) electrons. The van der Waals surface area contributed by atoms with Crippen molar-refractivity contribution in [2.24, 2.45) is 0 Å². The number of methoxy groups -OCH3 is 1. The first kappa shape index (κ1) is 14.3. The highest BCUT2D eigenvalue weighted by atomic mass is 16.5. The maximum absolute atomic E-state index is 11.1. The number of rotatable bonds is 3. The van der Waals surface area contributed by atoms with Gasteiger partial charge in [0.1, 0.15) is 17.5 Å². The molecule has 0 aliphatic carbocycles. The molecule has 3 rings (SSSR count). The van der Waals surface area contributed by atoms with Crippen LogP contribution in [0.25, 0.3) is 22.2 Å². The SMILES string of the molecule is COc1ccc(-c2noc3c(O)c(C(=O)O)nc(C#N)c23)cc1. The van der Waals surface area contributed by atoms with Gasteiger partial charge in [0.2, 0.25) is 5.58 Å². The quantitative estimate of drug-likeness (QED) is 0.752. The van der Waals surface area contributed by atoms with Crippen molar-refractivity contribution in [1.29, 1.82) is 5.26 Å². The molecular formula is C15H9N3O5. The van der Waals surface area contributed by atoms with Crippen LogP contribution in [0.3, 0.4) is 0 Å². The van der Waals surface area contributed by atoms with E-state index in [1.165, 1.54) is 7.11 Å². The van der Waals surface area contributed by atoms with E-state index in [0.717, 1.165) is 0 Å². The van der Waals surface area contributed by atoms with Gasteiger partial charge in [0.25, 0.3) is 0 Å². The minimum Gasteiger partial charge on any atom is -0.502 e. The lowest BCUT2D eigenvalue weighted by Crippen LogP contribution is -2.03. The molecule has 8 nitrogen and oxygen atoms in total. The van der Waals surface area contributed by atoms with Gasteiger partial charge in [-0.15, -0.1) is 0 Å². The van der Waals surface area contributed by atoms with E-state index in [1.807, 2.05) is 0 Å². The second-order valence-corrected chi connectivity index (χ2v) is 4.54. The average molecular weight is 311 g/mol. The van der Waals surface area contributed by atoms with Crippen molar-refractivity contribution < 1.29 is 24.3 Å². The number of aromatic hydroxyl groups is 1. The predicted molar refractivity (Wildman–Crippen MR) is 77.1 cm³/mol. The zero-order valence-electron chi connectivity index (χ0n) is 11.8. The molecule has 2 N–H and O–H groups in total. The summed E-state index contributed by atoms with van der Waals surface area (Å²) in [7, 11) is 1.53.